The molecule has 1 aliphatic carbocycles. The van der Waals surface area contributed by atoms with Crippen molar-refractivity contribution >= 4 is 5.97 Å². The van der Waals surface area contributed by atoms with Crippen molar-refractivity contribution in [3.63, 3.8) is 0 Å². The molecule has 1 fully saturated rings. The monoisotopic (exact) mass is 248 g/mol. The van der Waals surface area contributed by atoms with Gasteiger partial charge in [-0.05, 0) is 51.2 Å². The van der Waals surface area contributed by atoms with Gasteiger partial charge in [0.2, 0.25) is 0 Å². The van der Waals surface area contributed by atoms with E-state index in [0.29, 0.717) is 0 Å². The summed E-state index contributed by atoms with van der Waals surface area (Å²) in [5.74, 6) is -0.914. The molecular weight excluding hydrogens is 228 g/mol. The standard InChI is InChI=1S/C15H20O3/c1-10-7-8-11(2)13(9-10)15(3,14(16)17)18-12-5-4-6-12/h7-9,12H,4-6H2,1-3H3,(H,16,17). The highest BCUT2D eigenvalue weighted by Crippen LogP contribution is 2.35. The molecule has 0 saturated heterocycles. The van der Waals surface area contributed by atoms with Gasteiger partial charge < -0.3 is 9.84 Å². The lowest BCUT2D eigenvalue weighted by molar-refractivity contribution is -0.179. The van der Waals surface area contributed by atoms with Gasteiger partial charge in [0.25, 0.3) is 0 Å². The second kappa shape index (κ2) is 4.73. The van der Waals surface area contributed by atoms with Crippen LogP contribution in [-0.4, -0.2) is 17.2 Å². The summed E-state index contributed by atoms with van der Waals surface area (Å²) in [5, 5.41) is 9.54. The minimum absolute atomic E-state index is 0.0889. The fraction of sp³-hybridized carbons (Fsp3) is 0.533. The summed E-state index contributed by atoms with van der Waals surface area (Å²) < 4.78 is 5.86. The van der Waals surface area contributed by atoms with Crippen molar-refractivity contribution in [2.75, 3.05) is 0 Å². The second-order valence-corrected chi connectivity index (χ2v) is 5.33. The van der Waals surface area contributed by atoms with Crippen LogP contribution in [0.3, 0.4) is 0 Å². The predicted octanol–water partition coefficient (Wildman–Crippen LogP) is 3.17. The number of aryl methyl sites for hydroxylation is 2. The SMILES string of the molecule is Cc1ccc(C)c(C(C)(OC2CCC2)C(=O)O)c1. The Morgan fingerprint density at radius 2 is 2.06 bits per heavy atom. The van der Waals surface area contributed by atoms with Crippen molar-refractivity contribution in [1.82, 2.24) is 0 Å². The Balaban J connectivity index is 2.38. The van der Waals surface area contributed by atoms with Gasteiger partial charge in [-0.1, -0.05) is 23.8 Å². The molecule has 1 unspecified atom stereocenters. The number of benzene rings is 1. The zero-order valence-corrected chi connectivity index (χ0v) is 11.2. The Labute approximate surface area is 108 Å². The van der Waals surface area contributed by atoms with Gasteiger partial charge in [0.15, 0.2) is 5.60 Å². The normalized spacial score (nSPS) is 19.1. The molecule has 0 bridgehead atoms. The van der Waals surface area contributed by atoms with Gasteiger partial charge in [-0.3, -0.25) is 0 Å². The molecular formula is C15H20O3. The number of aliphatic carboxylic acids is 1. The molecule has 0 aromatic heterocycles. The molecule has 0 heterocycles. The molecule has 0 radical (unpaired) electrons. The molecule has 0 amide bonds. The van der Waals surface area contributed by atoms with Crippen LogP contribution >= 0.6 is 0 Å². The van der Waals surface area contributed by atoms with E-state index in [1.807, 2.05) is 32.0 Å². The van der Waals surface area contributed by atoms with Crippen LogP contribution in [0.4, 0.5) is 0 Å². The van der Waals surface area contributed by atoms with Crippen LogP contribution in [0.2, 0.25) is 0 Å². The number of hydrogen-bond donors (Lipinski definition) is 1. The number of carboxylic acids is 1. The molecule has 2 rings (SSSR count). The molecule has 3 nitrogen and oxygen atoms in total. The Bertz CT molecular complexity index is 463. The van der Waals surface area contributed by atoms with E-state index in [0.717, 1.165) is 36.0 Å². The minimum atomic E-state index is -1.23. The maximum atomic E-state index is 11.6. The molecule has 18 heavy (non-hydrogen) atoms. The quantitative estimate of drug-likeness (QED) is 0.890. The van der Waals surface area contributed by atoms with Crippen molar-refractivity contribution in [3.05, 3.63) is 34.9 Å². The number of carbonyl (C=O) groups is 1. The Kier molecular flexibility index (Phi) is 3.44. The summed E-state index contributed by atoms with van der Waals surface area (Å²) in [4.78, 5) is 11.6. The van der Waals surface area contributed by atoms with Crippen molar-refractivity contribution in [2.45, 2.75) is 51.7 Å². The molecule has 0 aliphatic heterocycles. The fourth-order valence-electron chi connectivity index (χ4n) is 2.30. The number of ether oxygens (including phenoxy) is 1. The van der Waals surface area contributed by atoms with Gasteiger partial charge in [-0.15, -0.1) is 0 Å². The molecule has 1 aliphatic rings. The van der Waals surface area contributed by atoms with Crippen LogP contribution in [0.15, 0.2) is 18.2 Å². The summed E-state index contributed by atoms with van der Waals surface area (Å²) in [6.45, 7) is 5.56. The highest BCUT2D eigenvalue weighted by Gasteiger charge is 2.41. The van der Waals surface area contributed by atoms with Crippen LogP contribution in [-0.2, 0) is 15.1 Å². The van der Waals surface area contributed by atoms with Gasteiger partial charge in [-0.25, -0.2) is 4.79 Å². The van der Waals surface area contributed by atoms with E-state index >= 15 is 0 Å². The topological polar surface area (TPSA) is 46.5 Å². The maximum Gasteiger partial charge on any atom is 0.340 e. The Morgan fingerprint density at radius 3 is 2.56 bits per heavy atom. The lowest BCUT2D eigenvalue weighted by atomic mass is 9.88. The van der Waals surface area contributed by atoms with Gasteiger partial charge in [0, 0.05) is 0 Å². The second-order valence-electron chi connectivity index (χ2n) is 5.33. The summed E-state index contributed by atoms with van der Waals surface area (Å²) in [6.07, 6.45) is 3.15. The molecule has 98 valence electrons. The Morgan fingerprint density at radius 1 is 1.39 bits per heavy atom. The van der Waals surface area contributed by atoms with Crippen molar-refractivity contribution < 1.29 is 14.6 Å². The number of rotatable bonds is 4. The first kappa shape index (κ1) is 13.1. The van der Waals surface area contributed by atoms with E-state index in [1.165, 1.54) is 0 Å². The largest absolute Gasteiger partial charge is 0.479 e. The zero-order valence-electron chi connectivity index (χ0n) is 11.2. The lowest BCUT2D eigenvalue weighted by Gasteiger charge is -2.36. The van der Waals surface area contributed by atoms with Crippen molar-refractivity contribution in [3.8, 4) is 0 Å². The Hall–Kier alpha value is -1.35. The van der Waals surface area contributed by atoms with E-state index in [4.69, 9.17) is 4.74 Å². The van der Waals surface area contributed by atoms with Crippen LogP contribution in [0, 0.1) is 13.8 Å². The van der Waals surface area contributed by atoms with Gasteiger partial charge in [-0.2, -0.15) is 0 Å². The average Bonchev–Trinajstić information content (AvgIpc) is 2.26. The van der Waals surface area contributed by atoms with E-state index < -0.39 is 11.6 Å². The zero-order chi connectivity index (χ0) is 13.3. The smallest absolute Gasteiger partial charge is 0.340 e. The van der Waals surface area contributed by atoms with Crippen molar-refractivity contribution in [2.24, 2.45) is 0 Å². The molecule has 1 N–H and O–H groups in total. The molecule has 1 aromatic rings. The van der Waals surface area contributed by atoms with Crippen LogP contribution in [0.25, 0.3) is 0 Å². The average molecular weight is 248 g/mol. The summed E-state index contributed by atoms with van der Waals surface area (Å²) in [5.41, 5.74) is 1.55. The first-order valence-electron chi connectivity index (χ1n) is 6.42. The molecule has 1 aromatic carbocycles. The summed E-state index contributed by atoms with van der Waals surface area (Å²) in [6, 6.07) is 5.86. The first-order chi connectivity index (χ1) is 8.43. The predicted molar refractivity (Wildman–Crippen MR) is 69.6 cm³/mol. The van der Waals surface area contributed by atoms with Crippen LogP contribution < -0.4 is 0 Å². The van der Waals surface area contributed by atoms with E-state index in [1.54, 1.807) is 6.92 Å². The van der Waals surface area contributed by atoms with Gasteiger partial charge in [0.05, 0.1) is 6.10 Å². The van der Waals surface area contributed by atoms with Crippen molar-refractivity contribution in [1.29, 1.82) is 0 Å². The van der Waals surface area contributed by atoms with E-state index in [-0.39, 0.29) is 6.10 Å². The minimum Gasteiger partial charge on any atom is -0.479 e. The third kappa shape index (κ3) is 2.27. The molecule has 0 spiro atoms. The summed E-state index contributed by atoms with van der Waals surface area (Å²) >= 11 is 0. The lowest BCUT2D eigenvalue weighted by Crippen LogP contribution is -2.41. The molecule has 3 heteroatoms. The fourth-order valence-corrected chi connectivity index (χ4v) is 2.30. The maximum absolute atomic E-state index is 11.6. The highest BCUT2D eigenvalue weighted by atomic mass is 16.5. The molecule has 1 atom stereocenters. The highest BCUT2D eigenvalue weighted by molar-refractivity contribution is 5.79. The third-order valence-corrected chi connectivity index (χ3v) is 3.77. The van der Waals surface area contributed by atoms with Crippen LogP contribution in [0.1, 0.15) is 42.9 Å². The summed E-state index contributed by atoms with van der Waals surface area (Å²) in [7, 11) is 0. The van der Waals surface area contributed by atoms with Crippen LogP contribution in [0.5, 0.6) is 0 Å². The molecule has 1 saturated carbocycles. The van der Waals surface area contributed by atoms with E-state index in [2.05, 4.69) is 0 Å². The van der Waals surface area contributed by atoms with E-state index in [9.17, 15) is 9.90 Å². The van der Waals surface area contributed by atoms with Gasteiger partial charge >= 0.3 is 5.97 Å². The third-order valence-electron chi connectivity index (χ3n) is 3.77. The number of hydrogen-bond acceptors (Lipinski definition) is 2. The number of carboxylic acid groups (broad SMARTS) is 1. The van der Waals surface area contributed by atoms with Gasteiger partial charge in [0.1, 0.15) is 0 Å². The first-order valence-corrected chi connectivity index (χ1v) is 6.42.